The molecule has 0 radical (unpaired) electrons. The van der Waals surface area contributed by atoms with Gasteiger partial charge in [-0.15, -0.1) is 0 Å². The number of aliphatic carboxylic acids is 1. The molecule has 4 nitrogen and oxygen atoms in total. The molecule has 0 spiro atoms. The molecule has 0 aliphatic rings. The zero-order valence-corrected chi connectivity index (χ0v) is 9.73. The van der Waals surface area contributed by atoms with Crippen LogP contribution < -0.4 is 0 Å². The highest BCUT2D eigenvalue weighted by atomic mass is 16.4. The molecule has 0 unspecified atom stereocenters. The Labute approximate surface area is 98.5 Å². The molecule has 0 amide bonds. The lowest BCUT2D eigenvalue weighted by atomic mass is 10.1. The summed E-state index contributed by atoms with van der Waals surface area (Å²) in [6.07, 6.45) is -0.0531. The second kappa shape index (κ2) is 4.05. The van der Waals surface area contributed by atoms with E-state index in [1.807, 2.05) is 42.8 Å². The zero-order valence-electron chi connectivity index (χ0n) is 9.73. The molecule has 17 heavy (non-hydrogen) atoms. The molecule has 1 aromatic heterocycles. The minimum absolute atomic E-state index is 0.0531. The van der Waals surface area contributed by atoms with Gasteiger partial charge in [0.1, 0.15) is 0 Å². The summed E-state index contributed by atoms with van der Waals surface area (Å²) >= 11 is 0. The smallest absolute Gasteiger partial charge is 0.372 e. The molecule has 0 fully saturated rings. The summed E-state index contributed by atoms with van der Waals surface area (Å²) < 4.78 is 1.97. The third-order valence-electron chi connectivity index (χ3n) is 3.11. The van der Waals surface area contributed by atoms with E-state index in [0.717, 1.165) is 22.2 Å². The Morgan fingerprint density at radius 3 is 2.59 bits per heavy atom. The molecular formula is C13H13NO3. The largest absolute Gasteiger partial charge is 0.475 e. The van der Waals surface area contributed by atoms with Crippen LogP contribution in [0, 0.1) is 6.92 Å². The highest BCUT2D eigenvalue weighted by molar-refractivity contribution is 6.33. The number of para-hydroxylation sites is 1. The van der Waals surface area contributed by atoms with Crippen molar-refractivity contribution in [2.24, 2.45) is 7.05 Å². The van der Waals surface area contributed by atoms with Gasteiger partial charge < -0.3 is 9.67 Å². The first-order valence-electron chi connectivity index (χ1n) is 5.31. The lowest BCUT2D eigenvalue weighted by Gasteiger charge is -1.99. The van der Waals surface area contributed by atoms with Gasteiger partial charge in [0.25, 0.3) is 0 Å². The lowest BCUT2D eigenvalue weighted by molar-refractivity contribution is -0.148. The fourth-order valence-corrected chi connectivity index (χ4v) is 2.06. The maximum Gasteiger partial charge on any atom is 0.372 e. The Balaban J connectivity index is 2.57. The number of carboxylic acids is 1. The molecule has 0 aliphatic heterocycles. The van der Waals surface area contributed by atoms with Crippen LogP contribution >= 0.6 is 0 Å². The van der Waals surface area contributed by atoms with E-state index in [4.69, 9.17) is 5.11 Å². The van der Waals surface area contributed by atoms with E-state index in [1.54, 1.807) is 0 Å². The number of nitrogens with zero attached hydrogens (tertiary/aromatic N) is 1. The van der Waals surface area contributed by atoms with Crippen LogP contribution in [-0.4, -0.2) is 21.4 Å². The van der Waals surface area contributed by atoms with Gasteiger partial charge in [0, 0.05) is 30.1 Å². The van der Waals surface area contributed by atoms with Crippen LogP contribution in [0.15, 0.2) is 24.3 Å². The Bertz CT molecular complexity index is 610. The van der Waals surface area contributed by atoms with E-state index in [1.165, 1.54) is 0 Å². The number of aromatic nitrogens is 1. The molecule has 0 bridgehead atoms. The van der Waals surface area contributed by atoms with Crippen LogP contribution in [0.1, 0.15) is 11.3 Å². The Hall–Kier alpha value is -2.10. The van der Waals surface area contributed by atoms with Crippen LogP contribution in [0.5, 0.6) is 0 Å². The highest BCUT2D eigenvalue weighted by Crippen LogP contribution is 2.25. The lowest BCUT2D eigenvalue weighted by Crippen LogP contribution is -2.15. The second-order valence-corrected chi connectivity index (χ2v) is 4.05. The number of carbonyl (C=O) groups is 2. The van der Waals surface area contributed by atoms with Crippen molar-refractivity contribution < 1.29 is 14.7 Å². The first kappa shape index (κ1) is 11.4. The van der Waals surface area contributed by atoms with E-state index < -0.39 is 11.8 Å². The first-order chi connectivity index (χ1) is 8.02. The molecule has 88 valence electrons. The average molecular weight is 231 g/mol. The van der Waals surface area contributed by atoms with E-state index in [-0.39, 0.29) is 6.42 Å². The maximum absolute atomic E-state index is 11.3. The number of benzene rings is 1. The number of rotatable bonds is 3. The maximum atomic E-state index is 11.3. The Morgan fingerprint density at radius 1 is 1.29 bits per heavy atom. The van der Waals surface area contributed by atoms with Gasteiger partial charge in [-0.3, -0.25) is 4.79 Å². The number of aryl methyl sites for hydroxylation is 1. The molecule has 0 saturated heterocycles. The minimum atomic E-state index is -1.38. The van der Waals surface area contributed by atoms with Gasteiger partial charge >= 0.3 is 5.97 Å². The summed E-state index contributed by atoms with van der Waals surface area (Å²) in [5.74, 6) is -2.15. The van der Waals surface area contributed by atoms with Crippen molar-refractivity contribution in [3.63, 3.8) is 0 Å². The quantitative estimate of drug-likeness (QED) is 0.817. The van der Waals surface area contributed by atoms with Crippen LogP contribution in [0.4, 0.5) is 0 Å². The van der Waals surface area contributed by atoms with Crippen LogP contribution in [-0.2, 0) is 23.1 Å². The predicted molar refractivity (Wildman–Crippen MR) is 64.0 cm³/mol. The normalized spacial score (nSPS) is 10.7. The van der Waals surface area contributed by atoms with E-state index in [9.17, 15) is 9.59 Å². The van der Waals surface area contributed by atoms with Gasteiger partial charge in [0.2, 0.25) is 5.78 Å². The summed E-state index contributed by atoms with van der Waals surface area (Å²) in [6, 6.07) is 7.67. The number of ketones is 1. The molecule has 1 heterocycles. The number of carbonyl (C=O) groups excluding carboxylic acids is 1. The Morgan fingerprint density at radius 2 is 1.94 bits per heavy atom. The SMILES string of the molecule is Cc1c(CC(=O)C(=O)O)c2ccccc2n1C. The van der Waals surface area contributed by atoms with Gasteiger partial charge in [-0.1, -0.05) is 18.2 Å². The van der Waals surface area contributed by atoms with Gasteiger partial charge in [0.05, 0.1) is 0 Å². The van der Waals surface area contributed by atoms with E-state index >= 15 is 0 Å². The molecule has 1 N–H and O–H groups in total. The third kappa shape index (κ3) is 1.82. The number of hydrogen-bond donors (Lipinski definition) is 1. The molecule has 0 atom stereocenters. The van der Waals surface area contributed by atoms with Crippen molar-refractivity contribution >= 4 is 22.7 Å². The summed E-state index contributed by atoms with van der Waals surface area (Å²) in [4.78, 5) is 21.9. The molecule has 2 aromatic rings. The van der Waals surface area contributed by atoms with Gasteiger partial charge in [-0.25, -0.2) is 4.79 Å². The molecule has 4 heteroatoms. The number of Topliss-reactive ketones (excluding diaryl/α,β-unsaturated/α-hetero) is 1. The summed E-state index contributed by atoms with van der Waals surface area (Å²) in [5.41, 5.74) is 2.74. The number of fused-ring (bicyclic) bond motifs is 1. The topological polar surface area (TPSA) is 59.3 Å². The van der Waals surface area contributed by atoms with Crippen molar-refractivity contribution in [3.8, 4) is 0 Å². The van der Waals surface area contributed by atoms with Crippen molar-refractivity contribution in [2.45, 2.75) is 13.3 Å². The highest BCUT2D eigenvalue weighted by Gasteiger charge is 2.18. The monoisotopic (exact) mass is 231 g/mol. The summed E-state index contributed by atoms with van der Waals surface area (Å²) in [5, 5.41) is 9.60. The zero-order chi connectivity index (χ0) is 12.6. The van der Waals surface area contributed by atoms with Crippen molar-refractivity contribution in [1.29, 1.82) is 0 Å². The van der Waals surface area contributed by atoms with E-state index in [0.29, 0.717) is 0 Å². The molecule has 1 aromatic carbocycles. The minimum Gasteiger partial charge on any atom is -0.475 e. The second-order valence-electron chi connectivity index (χ2n) is 4.05. The molecule has 2 rings (SSSR count). The van der Waals surface area contributed by atoms with Crippen LogP contribution in [0.2, 0.25) is 0 Å². The number of carboxylic acid groups (broad SMARTS) is 1. The van der Waals surface area contributed by atoms with Crippen molar-refractivity contribution in [1.82, 2.24) is 4.57 Å². The van der Waals surface area contributed by atoms with E-state index in [2.05, 4.69) is 0 Å². The summed E-state index contributed by atoms with van der Waals surface area (Å²) in [6.45, 7) is 1.89. The summed E-state index contributed by atoms with van der Waals surface area (Å²) in [7, 11) is 1.91. The van der Waals surface area contributed by atoms with Crippen LogP contribution in [0.25, 0.3) is 10.9 Å². The molecule has 0 aliphatic carbocycles. The Kier molecular flexibility index (Phi) is 2.71. The number of hydrogen-bond acceptors (Lipinski definition) is 2. The standard InChI is InChI=1S/C13H13NO3/c1-8-10(7-12(15)13(16)17)9-5-3-4-6-11(9)14(8)2/h3-6H,7H2,1-2H3,(H,16,17). The average Bonchev–Trinajstić information content (AvgIpc) is 2.55. The first-order valence-corrected chi connectivity index (χ1v) is 5.31. The third-order valence-corrected chi connectivity index (χ3v) is 3.11. The van der Waals surface area contributed by atoms with Crippen LogP contribution in [0.3, 0.4) is 0 Å². The molecule has 0 saturated carbocycles. The van der Waals surface area contributed by atoms with Gasteiger partial charge in [0.15, 0.2) is 0 Å². The fourth-order valence-electron chi connectivity index (χ4n) is 2.06. The molecular weight excluding hydrogens is 218 g/mol. The van der Waals surface area contributed by atoms with Gasteiger partial charge in [-0.05, 0) is 18.6 Å². The van der Waals surface area contributed by atoms with Crippen molar-refractivity contribution in [2.75, 3.05) is 0 Å². The van der Waals surface area contributed by atoms with Gasteiger partial charge in [-0.2, -0.15) is 0 Å². The fraction of sp³-hybridized carbons (Fsp3) is 0.231. The predicted octanol–water partition coefficient (Wildman–Crippen LogP) is 1.68. The van der Waals surface area contributed by atoms with Crippen molar-refractivity contribution in [3.05, 3.63) is 35.5 Å².